The third kappa shape index (κ3) is 32.1. The summed E-state index contributed by atoms with van der Waals surface area (Å²) in [6.45, 7) is 8.51. The summed E-state index contributed by atoms with van der Waals surface area (Å²) in [5, 5.41) is 0. The molecule has 0 fully saturated rings. The summed E-state index contributed by atoms with van der Waals surface area (Å²) in [5.74, 6) is 0. The van der Waals surface area contributed by atoms with E-state index in [1.807, 2.05) is 0 Å². The Hall–Kier alpha value is 0.110. The summed E-state index contributed by atoms with van der Waals surface area (Å²) >= 11 is 0. The zero-order valence-corrected chi connectivity index (χ0v) is 31.5. The average molecular weight is 644 g/mol. The molecule has 5 heteroatoms. The van der Waals surface area contributed by atoms with Crippen LogP contribution in [0.3, 0.4) is 0 Å². The summed E-state index contributed by atoms with van der Waals surface area (Å²) in [4.78, 5) is 10.8. The van der Waals surface area contributed by atoms with Gasteiger partial charge in [0, 0.05) is 13.1 Å². The summed E-state index contributed by atoms with van der Waals surface area (Å²) in [6.07, 6.45) is 43.2. The highest BCUT2D eigenvalue weighted by molar-refractivity contribution is 7.50. The Morgan fingerprint density at radius 3 is 0.886 bits per heavy atom. The van der Waals surface area contributed by atoms with Crippen molar-refractivity contribution in [2.45, 2.75) is 233 Å². The molecule has 0 bridgehead atoms. The molecule has 1 N–H and O–H groups in total. The van der Waals surface area contributed by atoms with Crippen LogP contribution in [0.2, 0.25) is 0 Å². The van der Waals surface area contributed by atoms with Gasteiger partial charge < -0.3 is 4.89 Å². The van der Waals surface area contributed by atoms with E-state index in [0.29, 0.717) is 19.7 Å². The van der Waals surface area contributed by atoms with Crippen LogP contribution in [-0.2, 0) is 9.09 Å². The Kier molecular flexibility index (Phi) is 36.0. The normalized spacial score (nSPS) is 13.2. The molecule has 0 rings (SSSR count). The van der Waals surface area contributed by atoms with E-state index in [4.69, 9.17) is 4.52 Å². The number of hydrogen-bond donors (Lipinski definition) is 1. The van der Waals surface area contributed by atoms with Crippen LogP contribution in [0.4, 0.5) is 0 Å². The molecule has 0 aromatic heterocycles. The molecule has 0 radical (unpaired) electrons. The van der Waals surface area contributed by atoms with Crippen molar-refractivity contribution in [2.75, 3.05) is 19.7 Å². The van der Waals surface area contributed by atoms with E-state index in [1.54, 1.807) is 4.67 Å². The summed E-state index contributed by atoms with van der Waals surface area (Å²) < 4.78 is 20.5. The van der Waals surface area contributed by atoms with Gasteiger partial charge in [-0.05, 0) is 19.3 Å². The molecule has 0 aromatic carbocycles. The van der Waals surface area contributed by atoms with Gasteiger partial charge in [0.15, 0.2) is 0 Å². The van der Waals surface area contributed by atoms with Crippen LogP contribution in [0, 0.1) is 0 Å². The minimum Gasteiger partial charge on any atom is -0.312 e. The maximum atomic E-state index is 13.1. The van der Waals surface area contributed by atoms with E-state index in [1.165, 1.54) is 167 Å². The van der Waals surface area contributed by atoms with Crippen molar-refractivity contribution in [1.29, 1.82) is 0 Å². The highest BCUT2D eigenvalue weighted by Crippen LogP contribution is 2.47. The monoisotopic (exact) mass is 644 g/mol. The minimum atomic E-state index is -3.69. The maximum absolute atomic E-state index is 13.1. The van der Waals surface area contributed by atoms with Gasteiger partial charge in [0.25, 0.3) is 0 Å². The lowest BCUT2D eigenvalue weighted by Gasteiger charge is -2.26. The van der Waals surface area contributed by atoms with Gasteiger partial charge in [-0.25, -0.2) is 9.24 Å². The minimum absolute atomic E-state index is 0.399. The first kappa shape index (κ1) is 44.1. The first-order chi connectivity index (χ1) is 21.6. The van der Waals surface area contributed by atoms with Crippen LogP contribution in [0.1, 0.15) is 233 Å². The third-order valence-electron chi connectivity index (χ3n) is 9.40. The molecule has 0 saturated carbocycles. The lowest BCUT2D eigenvalue weighted by molar-refractivity contribution is 0.194. The second-order valence-electron chi connectivity index (χ2n) is 13.9. The average Bonchev–Trinajstić information content (AvgIpc) is 3.02. The van der Waals surface area contributed by atoms with Crippen LogP contribution in [0.15, 0.2) is 0 Å². The molecule has 0 saturated heterocycles. The molecule has 44 heavy (non-hydrogen) atoms. The molecule has 0 heterocycles. The topological polar surface area (TPSA) is 49.8 Å². The molecule has 0 aliphatic carbocycles. The van der Waals surface area contributed by atoms with Gasteiger partial charge in [-0.3, -0.25) is 4.52 Å². The molecule has 0 amide bonds. The van der Waals surface area contributed by atoms with Crippen molar-refractivity contribution in [3.63, 3.8) is 0 Å². The Labute approximate surface area is 278 Å². The zero-order valence-electron chi connectivity index (χ0n) is 30.6. The van der Waals surface area contributed by atoms with Gasteiger partial charge in [0.1, 0.15) is 0 Å². The molecule has 1 atom stereocenters. The van der Waals surface area contributed by atoms with Gasteiger partial charge in [-0.2, -0.15) is 0 Å². The van der Waals surface area contributed by atoms with E-state index < -0.39 is 7.75 Å². The molecule has 4 nitrogen and oxygen atoms in total. The highest BCUT2D eigenvalue weighted by Gasteiger charge is 2.28. The molecule has 0 aromatic rings. The molecular weight excluding hydrogens is 561 g/mol. The number of rotatable bonds is 38. The zero-order chi connectivity index (χ0) is 32.2. The lowest BCUT2D eigenvalue weighted by atomic mass is 10.0. The van der Waals surface area contributed by atoms with E-state index in [0.717, 1.165) is 44.9 Å². The summed E-state index contributed by atoms with van der Waals surface area (Å²) in [5.41, 5.74) is 0. The van der Waals surface area contributed by atoms with Crippen molar-refractivity contribution in [1.82, 2.24) is 4.67 Å². The van der Waals surface area contributed by atoms with Gasteiger partial charge >= 0.3 is 7.75 Å². The Balaban J connectivity index is 3.96. The van der Waals surface area contributed by atoms with Gasteiger partial charge in [-0.1, -0.05) is 213 Å². The van der Waals surface area contributed by atoms with Crippen molar-refractivity contribution >= 4 is 7.75 Å². The Morgan fingerprint density at radius 2 is 0.614 bits per heavy atom. The molecule has 266 valence electrons. The smallest absolute Gasteiger partial charge is 0.312 e. The fraction of sp³-hybridized carbons (Fsp3) is 1.00. The first-order valence-electron chi connectivity index (χ1n) is 20.3. The van der Waals surface area contributed by atoms with Crippen LogP contribution < -0.4 is 0 Å². The van der Waals surface area contributed by atoms with Crippen LogP contribution >= 0.6 is 7.75 Å². The predicted octanol–water partition coefficient (Wildman–Crippen LogP) is 14.3. The van der Waals surface area contributed by atoms with Gasteiger partial charge in [0.05, 0.1) is 6.61 Å². The fourth-order valence-electron chi connectivity index (χ4n) is 6.31. The number of unbranched alkanes of at least 4 members (excludes halogenated alkanes) is 30. The Bertz CT molecular complexity index is 554. The van der Waals surface area contributed by atoms with E-state index >= 15 is 0 Å². The standard InChI is InChI=1S/C39H82NO3P/c1-4-7-10-12-14-16-18-20-22-24-26-28-30-32-34-37-40(44(41,42)43-39-36-9-6-3)38-35-33-31-29-27-25-23-21-19-17-15-13-11-8-5-2/h4-39H2,1-3H3,(H,41,42). The van der Waals surface area contributed by atoms with Crippen molar-refractivity contribution < 1.29 is 14.0 Å². The van der Waals surface area contributed by atoms with Crippen LogP contribution in [0.25, 0.3) is 0 Å². The van der Waals surface area contributed by atoms with E-state index in [9.17, 15) is 9.46 Å². The highest BCUT2D eigenvalue weighted by atomic mass is 31.2. The largest absolute Gasteiger partial charge is 0.405 e. The quantitative estimate of drug-likeness (QED) is 0.0537. The third-order valence-corrected chi connectivity index (χ3v) is 11.0. The van der Waals surface area contributed by atoms with Crippen molar-refractivity contribution in [3.8, 4) is 0 Å². The predicted molar refractivity (Wildman–Crippen MR) is 197 cm³/mol. The summed E-state index contributed by atoms with van der Waals surface area (Å²) in [7, 11) is -3.69. The molecular formula is C39H82NO3P. The molecule has 0 spiro atoms. The molecule has 0 aliphatic rings. The fourth-order valence-corrected chi connectivity index (χ4v) is 7.63. The number of nitrogens with zero attached hydrogens (tertiary/aromatic N) is 1. The van der Waals surface area contributed by atoms with E-state index in [2.05, 4.69) is 20.8 Å². The van der Waals surface area contributed by atoms with Crippen LogP contribution in [0.5, 0.6) is 0 Å². The second-order valence-corrected chi connectivity index (χ2v) is 15.7. The molecule has 0 aliphatic heterocycles. The second kappa shape index (κ2) is 36.0. The maximum Gasteiger partial charge on any atom is 0.405 e. The van der Waals surface area contributed by atoms with Gasteiger partial charge in [-0.15, -0.1) is 0 Å². The SMILES string of the molecule is CCCCCCCCCCCCCCCCCN(CCCCCCCCCCCCCCCCC)P(=O)(O)OCCCCC. The van der Waals surface area contributed by atoms with E-state index in [-0.39, 0.29) is 0 Å². The lowest BCUT2D eigenvalue weighted by Crippen LogP contribution is -2.24. The first-order valence-corrected chi connectivity index (χ1v) is 21.8. The summed E-state index contributed by atoms with van der Waals surface area (Å²) in [6, 6.07) is 0. The van der Waals surface area contributed by atoms with Crippen molar-refractivity contribution in [3.05, 3.63) is 0 Å². The number of hydrogen-bond acceptors (Lipinski definition) is 2. The Morgan fingerprint density at radius 1 is 0.386 bits per heavy atom. The molecule has 1 unspecified atom stereocenters. The van der Waals surface area contributed by atoms with Crippen molar-refractivity contribution in [2.24, 2.45) is 0 Å². The van der Waals surface area contributed by atoms with Crippen LogP contribution in [-0.4, -0.2) is 29.3 Å². The van der Waals surface area contributed by atoms with Gasteiger partial charge in [0.2, 0.25) is 0 Å².